The van der Waals surface area contributed by atoms with Crippen LogP contribution in [0.3, 0.4) is 0 Å². The first-order valence-electron chi connectivity index (χ1n) is 8.58. The highest BCUT2D eigenvalue weighted by Crippen LogP contribution is 2.25. The van der Waals surface area contributed by atoms with Crippen LogP contribution in [-0.4, -0.2) is 22.8 Å². The Bertz CT molecular complexity index is 297. The zero-order valence-electron chi connectivity index (χ0n) is 14.1. The molecule has 0 spiro atoms. The molecular formula is C18H34O3. The van der Waals surface area contributed by atoms with Crippen LogP contribution in [0.2, 0.25) is 0 Å². The van der Waals surface area contributed by atoms with Crippen LogP contribution in [0.1, 0.15) is 78.6 Å². The van der Waals surface area contributed by atoms with Gasteiger partial charge in [-0.05, 0) is 19.3 Å². The molecule has 0 fully saturated rings. The standard InChI is InChI=1S/C18H34O3/c1-4-5-6-7-8-9-10-11-12-15(2)17(13-14-19)16(3)18(20)21/h13,15-16,19H,4-12,14H2,1-3H3,(H,20,21). The third-order valence-corrected chi connectivity index (χ3v) is 4.26. The van der Waals surface area contributed by atoms with Gasteiger partial charge in [0.15, 0.2) is 0 Å². The first-order valence-corrected chi connectivity index (χ1v) is 8.58. The van der Waals surface area contributed by atoms with Gasteiger partial charge < -0.3 is 10.2 Å². The summed E-state index contributed by atoms with van der Waals surface area (Å²) in [4.78, 5) is 11.1. The van der Waals surface area contributed by atoms with Crippen LogP contribution >= 0.6 is 0 Å². The molecule has 2 atom stereocenters. The second-order valence-electron chi connectivity index (χ2n) is 6.11. The SMILES string of the molecule is CCCCCCCCCCC(C)C(=CCO)C(C)C(=O)O. The minimum Gasteiger partial charge on any atom is -0.481 e. The molecule has 0 aromatic heterocycles. The number of aliphatic hydroxyl groups excluding tert-OH is 1. The molecule has 0 rings (SSSR count). The molecular weight excluding hydrogens is 264 g/mol. The van der Waals surface area contributed by atoms with E-state index in [1.807, 2.05) is 0 Å². The molecule has 0 aromatic carbocycles. The van der Waals surface area contributed by atoms with Crippen LogP contribution in [0.4, 0.5) is 0 Å². The predicted molar refractivity (Wildman–Crippen MR) is 88.4 cm³/mol. The summed E-state index contributed by atoms with van der Waals surface area (Å²) in [6.07, 6.45) is 13.0. The maximum absolute atomic E-state index is 11.1. The molecule has 0 aliphatic heterocycles. The molecule has 0 saturated heterocycles. The van der Waals surface area contributed by atoms with Gasteiger partial charge in [-0.1, -0.05) is 76.9 Å². The summed E-state index contributed by atoms with van der Waals surface area (Å²) in [6, 6.07) is 0. The van der Waals surface area contributed by atoms with Crippen molar-refractivity contribution in [2.24, 2.45) is 11.8 Å². The molecule has 0 heterocycles. The number of hydrogen-bond acceptors (Lipinski definition) is 2. The molecule has 0 aliphatic carbocycles. The Hall–Kier alpha value is -0.830. The van der Waals surface area contributed by atoms with Crippen molar-refractivity contribution in [3.63, 3.8) is 0 Å². The highest BCUT2D eigenvalue weighted by atomic mass is 16.4. The van der Waals surface area contributed by atoms with Gasteiger partial charge in [0, 0.05) is 0 Å². The van der Waals surface area contributed by atoms with E-state index in [-0.39, 0.29) is 12.5 Å². The monoisotopic (exact) mass is 298 g/mol. The number of unbranched alkanes of at least 4 members (excludes halogenated alkanes) is 7. The lowest BCUT2D eigenvalue weighted by molar-refractivity contribution is -0.140. The average molecular weight is 298 g/mol. The topological polar surface area (TPSA) is 57.5 Å². The van der Waals surface area contributed by atoms with Crippen molar-refractivity contribution >= 4 is 5.97 Å². The van der Waals surface area contributed by atoms with Crippen molar-refractivity contribution < 1.29 is 15.0 Å². The maximum atomic E-state index is 11.1. The largest absolute Gasteiger partial charge is 0.481 e. The summed E-state index contributed by atoms with van der Waals surface area (Å²) in [7, 11) is 0. The second-order valence-corrected chi connectivity index (χ2v) is 6.11. The molecule has 3 heteroatoms. The van der Waals surface area contributed by atoms with E-state index in [1.54, 1.807) is 13.0 Å². The Morgan fingerprint density at radius 3 is 2.00 bits per heavy atom. The molecule has 0 aliphatic rings. The van der Waals surface area contributed by atoms with Gasteiger partial charge in [0.05, 0.1) is 12.5 Å². The number of aliphatic hydroxyl groups is 1. The highest BCUT2D eigenvalue weighted by Gasteiger charge is 2.20. The fourth-order valence-corrected chi connectivity index (χ4v) is 2.80. The van der Waals surface area contributed by atoms with Gasteiger partial charge in [0.2, 0.25) is 0 Å². The minimum atomic E-state index is -0.808. The van der Waals surface area contributed by atoms with Crippen molar-refractivity contribution in [1.82, 2.24) is 0 Å². The molecule has 0 radical (unpaired) electrons. The van der Waals surface area contributed by atoms with Crippen LogP contribution in [0.5, 0.6) is 0 Å². The lowest BCUT2D eigenvalue weighted by Gasteiger charge is -2.19. The Labute approximate surface area is 130 Å². The Balaban J connectivity index is 3.92. The molecule has 0 bridgehead atoms. The van der Waals surface area contributed by atoms with Gasteiger partial charge in [-0.2, -0.15) is 0 Å². The lowest BCUT2D eigenvalue weighted by atomic mass is 9.86. The van der Waals surface area contributed by atoms with Gasteiger partial charge in [0.1, 0.15) is 0 Å². The molecule has 3 nitrogen and oxygen atoms in total. The molecule has 0 saturated carbocycles. The first-order chi connectivity index (χ1) is 10.0. The van der Waals surface area contributed by atoms with Crippen LogP contribution < -0.4 is 0 Å². The maximum Gasteiger partial charge on any atom is 0.310 e. The van der Waals surface area contributed by atoms with Crippen molar-refractivity contribution in [3.05, 3.63) is 11.6 Å². The zero-order valence-corrected chi connectivity index (χ0v) is 14.1. The quantitative estimate of drug-likeness (QED) is 0.379. The Morgan fingerprint density at radius 1 is 1.00 bits per heavy atom. The van der Waals surface area contributed by atoms with E-state index in [0.717, 1.165) is 18.4 Å². The van der Waals surface area contributed by atoms with Crippen molar-refractivity contribution in [2.45, 2.75) is 78.6 Å². The number of hydrogen-bond donors (Lipinski definition) is 2. The number of carboxylic acids is 1. The minimum absolute atomic E-state index is 0.0747. The fraction of sp³-hybridized carbons (Fsp3) is 0.833. The van der Waals surface area contributed by atoms with Gasteiger partial charge in [0.25, 0.3) is 0 Å². The highest BCUT2D eigenvalue weighted by molar-refractivity contribution is 5.73. The van der Waals surface area contributed by atoms with E-state index in [9.17, 15) is 4.79 Å². The molecule has 2 unspecified atom stereocenters. The van der Waals surface area contributed by atoms with E-state index >= 15 is 0 Å². The van der Waals surface area contributed by atoms with Crippen molar-refractivity contribution in [3.8, 4) is 0 Å². The molecule has 124 valence electrons. The molecule has 2 N–H and O–H groups in total. The summed E-state index contributed by atoms with van der Waals surface area (Å²) >= 11 is 0. The van der Waals surface area contributed by atoms with Crippen LogP contribution in [0, 0.1) is 11.8 Å². The Morgan fingerprint density at radius 2 is 1.52 bits per heavy atom. The van der Waals surface area contributed by atoms with E-state index < -0.39 is 11.9 Å². The van der Waals surface area contributed by atoms with Crippen LogP contribution in [0.15, 0.2) is 11.6 Å². The van der Waals surface area contributed by atoms with Crippen LogP contribution in [-0.2, 0) is 4.79 Å². The molecule has 21 heavy (non-hydrogen) atoms. The predicted octanol–water partition coefficient (Wildman–Crippen LogP) is 4.79. The Kier molecular flexibility index (Phi) is 12.4. The summed E-state index contributed by atoms with van der Waals surface area (Å²) < 4.78 is 0. The van der Waals surface area contributed by atoms with Gasteiger partial charge in [-0.25, -0.2) is 0 Å². The molecule has 0 aromatic rings. The first kappa shape index (κ1) is 20.2. The normalized spacial score (nSPS) is 15.0. The second kappa shape index (κ2) is 12.9. The zero-order chi connectivity index (χ0) is 16.1. The summed E-state index contributed by atoms with van der Waals surface area (Å²) in [5.74, 6) is -1.07. The number of carbonyl (C=O) groups is 1. The number of rotatable bonds is 13. The fourth-order valence-electron chi connectivity index (χ4n) is 2.80. The third kappa shape index (κ3) is 9.67. The smallest absolute Gasteiger partial charge is 0.310 e. The third-order valence-electron chi connectivity index (χ3n) is 4.26. The van der Waals surface area contributed by atoms with Crippen molar-refractivity contribution in [2.75, 3.05) is 6.61 Å². The van der Waals surface area contributed by atoms with Crippen molar-refractivity contribution in [1.29, 1.82) is 0 Å². The summed E-state index contributed by atoms with van der Waals surface area (Å²) in [5.41, 5.74) is 0.868. The summed E-state index contributed by atoms with van der Waals surface area (Å²) in [5, 5.41) is 18.2. The van der Waals surface area contributed by atoms with E-state index in [2.05, 4.69) is 13.8 Å². The lowest BCUT2D eigenvalue weighted by Crippen LogP contribution is -2.17. The van der Waals surface area contributed by atoms with E-state index in [0.29, 0.717) is 0 Å². The molecule has 0 amide bonds. The van der Waals surface area contributed by atoms with Gasteiger partial charge >= 0.3 is 5.97 Å². The number of aliphatic carboxylic acids is 1. The van der Waals surface area contributed by atoms with Gasteiger partial charge in [-0.3, -0.25) is 4.79 Å². The number of carboxylic acid groups (broad SMARTS) is 1. The average Bonchev–Trinajstić information content (AvgIpc) is 2.46. The van der Waals surface area contributed by atoms with E-state index in [4.69, 9.17) is 10.2 Å². The van der Waals surface area contributed by atoms with Crippen LogP contribution in [0.25, 0.3) is 0 Å². The van der Waals surface area contributed by atoms with Gasteiger partial charge in [-0.15, -0.1) is 0 Å². The van der Waals surface area contributed by atoms with E-state index in [1.165, 1.54) is 44.9 Å². The summed E-state index contributed by atoms with van der Waals surface area (Å²) in [6.45, 7) is 5.93.